The number of halogens is 1. The second-order valence-corrected chi connectivity index (χ2v) is 7.40. The Bertz CT molecular complexity index is 806. The van der Waals surface area contributed by atoms with Crippen LogP contribution in [0.1, 0.15) is 36.4 Å². The first-order valence-corrected chi connectivity index (χ1v) is 9.50. The van der Waals surface area contributed by atoms with Crippen LogP contribution in [0.2, 0.25) is 5.02 Å². The molecule has 5 heteroatoms. The van der Waals surface area contributed by atoms with Crippen molar-refractivity contribution in [3.63, 3.8) is 0 Å². The first kappa shape index (κ1) is 17.2. The summed E-state index contributed by atoms with van der Waals surface area (Å²) in [6.07, 6.45) is 2.57. The smallest absolute Gasteiger partial charge is 0.223 e. The summed E-state index contributed by atoms with van der Waals surface area (Å²) in [7, 11) is 1.68. The van der Waals surface area contributed by atoms with Gasteiger partial charge in [0.2, 0.25) is 5.91 Å². The van der Waals surface area contributed by atoms with E-state index in [4.69, 9.17) is 16.3 Å². The first-order valence-electron chi connectivity index (χ1n) is 9.12. The molecule has 1 fully saturated rings. The monoisotopic (exact) mass is 370 g/mol. The van der Waals surface area contributed by atoms with E-state index in [0.29, 0.717) is 6.42 Å². The van der Waals surface area contributed by atoms with E-state index >= 15 is 0 Å². The molecule has 0 aromatic heterocycles. The average molecular weight is 371 g/mol. The van der Waals surface area contributed by atoms with Crippen molar-refractivity contribution in [2.75, 3.05) is 25.1 Å². The molecule has 0 radical (unpaired) electrons. The van der Waals surface area contributed by atoms with Crippen LogP contribution in [0, 0.1) is 0 Å². The van der Waals surface area contributed by atoms with Crippen LogP contribution < -0.4 is 9.64 Å². The summed E-state index contributed by atoms with van der Waals surface area (Å²) in [6.45, 7) is 2.61. The van der Waals surface area contributed by atoms with Gasteiger partial charge in [-0.2, -0.15) is 0 Å². The van der Waals surface area contributed by atoms with E-state index in [2.05, 4.69) is 23.1 Å². The number of methoxy groups -OCH3 is 1. The summed E-state index contributed by atoms with van der Waals surface area (Å²) in [5.74, 6) is 1.14. The summed E-state index contributed by atoms with van der Waals surface area (Å²) < 4.78 is 5.24. The van der Waals surface area contributed by atoms with Crippen LogP contribution in [0.4, 0.5) is 5.69 Å². The molecule has 2 aromatic rings. The molecule has 4 nitrogen and oxygen atoms in total. The fourth-order valence-corrected chi connectivity index (χ4v) is 4.25. The van der Waals surface area contributed by atoms with Gasteiger partial charge < -0.3 is 14.5 Å². The molecule has 2 aliphatic rings. The fourth-order valence-electron chi connectivity index (χ4n) is 4.07. The molecule has 0 N–H and O–H groups in total. The number of hydrogen-bond acceptors (Lipinski definition) is 3. The highest BCUT2D eigenvalue weighted by Gasteiger charge is 2.34. The van der Waals surface area contributed by atoms with Crippen molar-refractivity contribution in [3.8, 4) is 5.75 Å². The summed E-state index contributed by atoms with van der Waals surface area (Å²) >= 11 is 6.29. The van der Waals surface area contributed by atoms with E-state index in [0.717, 1.165) is 43.2 Å². The summed E-state index contributed by atoms with van der Waals surface area (Å²) in [5, 5.41) is 0.728. The van der Waals surface area contributed by atoms with Crippen molar-refractivity contribution in [1.82, 2.24) is 4.90 Å². The van der Waals surface area contributed by atoms with E-state index in [1.807, 2.05) is 29.2 Å². The van der Waals surface area contributed by atoms with E-state index in [1.165, 1.54) is 16.8 Å². The lowest BCUT2D eigenvalue weighted by Gasteiger charge is -2.39. The van der Waals surface area contributed by atoms with Crippen LogP contribution in [0.15, 0.2) is 42.5 Å². The number of nitrogens with zero attached hydrogens (tertiary/aromatic N) is 2. The highest BCUT2D eigenvalue weighted by Crippen LogP contribution is 2.41. The summed E-state index contributed by atoms with van der Waals surface area (Å²) in [6, 6.07) is 14.4. The summed E-state index contributed by atoms with van der Waals surface area (Å²) in [4.78, 5) is 16.7. The van der Waals surface area contributed by atoms with Gasteiger partial charge >= 0.3 is 0 Å². The van der Waals surface area contributed by atoms with Gasteiger partial charge in [-0.25, -0.2) is 0 Å². The average Bonchev–Trinajstić information content (AvgIpc) is 3.08. The Morgan fingerprint density at radius 1 is 1.15 bits per heavy atom. The maximum Gasteiger partial charge on any atom is 0.223 e. The van der Waals surface area contributed by atoms with Crippen molar-refractivity contribution in [1.29, 1.82) is 0 Å². The molecule has 1 unspecified atom stereocenters. The van der Waals surface area contributed by atoms with E-state index in [9.17, 15) is 4.79 Å². The van der Waals surface area contributed by atoms with Gasteiger partial charge in [0.25, 0.3) is 0 Å². The van der Waals surface area contributed by atoms with Gasteiger partial charge in [-0.15, -0.1) is 0 Å². The van der Waals surface area contributed by atoms with Gasteiger partial charge in [0.05, 0.1) is 13.2 Å². The van der Waals surface area contributed by atoms with Crippen LogP contribution in [0.5, 0.6) is 5.75 Å². The maximum atomic E-state index is 12.3. The highest BCUT2D eigenvalue weighted by molar-refractivity contribution is 6.30. The van der Waals surface area contributed by atoms with Gasteiger partial charge in [-0.05, 0) is 54.3 Å². The molecule has 1 atom stereocenters. The quantitative estimate of drug-likeness (QED) is 0.798. The molecule has 2 aromatic carbocycles. The van der Waals surface area contributed by atoms with Crippen molar-refractivity contribution < 1.29 is 9.53 Å². The Kier molecular flexibility index (Phi) is 4.77. The van der Waals surface area contributed by atoms with Crippen molar-refractivity contribution in [2.24, 2.45) is 0 Å². The number of amides is 1. The Hall–Kier alpha value is -2.20. The number of fused-ring (bicyclic) bond motifs is 1. The third-order valence-corrected chi connectivity index (χ3v) is 5.62. The van der Waals surface area contributed by atoms with Crippen molar-refractivity contribution in [2.45, 2.75) is 31.8 Å². The fraction of sp³-hybridized carbons (Fsp3) is 0.381. The molecule has 2 heterocycles. The predicted octanol–water partition coefficient (Wildman–Crippen LogP) is 4.42. The number of benzene rings is 2. The molecular weight excluding hydrogens is 348 g/mol. The largest absolute Gasteiger partial charge is 0.497 e. The maximum absolute atomic E-state index is 12.3. The van der Waals surface area contributed by atoms with Gasteiger partial charge in [0, 0.05) is 36.8 Å². The van der Waals surface area contributed by atoms with E-state index in [-0.39, 0.29) is 11.9 Å². The molecule has 2 aliphatic heterocycles. The van der Waals surface area contributed by atoms with Gasteiger partial charge in [-0.3, -0.25) is 4.79 Å². The number of carbonyl (C=O) groups excluding carboxylic acids is 1. The zero-order valence-corrected chi connectivity index (χ0v) is 15.7. The molecule has 26 heavy (non-hydrogen) atoms. The Balaban J connectivity index is 1.62. The van der Waals surface area contributed by atoms with Crippen LogP contribution in [0.25, 0.3) is 0 Å². The number of hydrogen-bond donors (Lipinski definition) is 0. The van der Waals surface area contributed by atoms with Crippen LogP contribution in [-0.4, -0.2) is 31.0 Å². The molecule has 136 valence electrons. The molecule has 0 saturated carbocycles. The minimum absolute atomic E-state index is 0.144. The number of likely N-dealkylation sites (tertiary alicyclic amines) is 1. The number of rotatable bonds is 4. The standard InChI is InChI=1S/C21H23ClN2O2/c1-26-17-7-4-15(5-8-17)14-23-12-10-20(24-11-2-3-21(24)25)18-13-16(22)6-9-19(18)23/h4-9,13,20H,2-3,10-12,14H2,1H3. The minimum atomic E-state index is 0.144. The zero-order chi connectivity index (χ0) is 18.1. The molecule has 1 amide bonds. The third-order valence-electron chi connectivity index (χ3n) is 5.38. The van der Waals surface area contributed by atoms with Gasteiger partial charge in [-0.1, -0.05) is 23.7 Å². The summed E-state index contributed by atoms with van der Waals surface area (Å²) in [5.41, 5.74) is 3.59. The number of carbonyl (C=O) groups is 1. The molecule has 0 aliphatic carbocycles. The Morgan fingerprint density at radius 3 is 2.65 bits per heavy atom. The van der Waals surface area contributed by atoms with E-state index in [1.54, 1.807) is 7.11 Å². The second-order valence-electron chi connectivity index (χ2n) is 6.97. The highest BCUT2D eigenvalue weighted by atomic mass is 35.5. The van der Waals surface area contributed by atoms with Crippen LogP contribution in [-0.2, 0) is 11.3 Å². The SMILES string of the molecule is COc1ccc(CN2CCC(N3CCCC3=O)c3cc(Cl)ccc32)cc1. The van der Waals surface area contributed by atoms with E-state index < -0.39 is 0 Å². The normalized spacial score (nSPS) is 19.6. The predicted molar refractivity (Wildman–Crippen MR) is 104 cm³/mol. The topological polar surface area (TPSA) is 32.8 Å². The second kappa shape index (κ2) is 7.20. The Labute approximate surface area is 159 Å². The van der Waals surface area contributed by atoms with Crippen LogP contribution in [0.3, 0.4) is 0 Å². The lowest BCUT2D eigenvalue weighted by atomic mass is 9.94. The first-order chi connectivity index (χ1) is 12.7. The molecule has 0 spiro atoms. The number of anilines is 1. The van der Waals surface area contributed by atoms with Crippen LogP contribution >= 0.6 is 11.6 Å². The van der Waals surface area contributed by atoms with Crippen molar-refractivity contribution in [3.05, 3.63) is 58.6 Å². The van der Waals surface area contributed by atoms with Gasteiger partial charge in [0.15, 0.2) is 0 Å². The lowest BCUT2D eigenvalue weighted by molar-refractivity contribution is -0.130. The number of ether oxygens (including phenoxy) is 1. The van der Waals surface area contributed by atoms with Gasteiger partial charge in [0.1, 0.15) is 5.75 Å². The molecule has 1 saturated heterocycles. The minimum Gasteiger partial charge on any atom is -0.497 e. The third kappa shape index (κ3) is 3.26. The molecule has 4 rings (SSSR count). The lowest BCUT2D eigenvalue weighted by Crippen LogP contribution is -2.38. The van der Waals surface area contributed by atoms with Crippen molar-refractivity contribution >= 4 is 23.2 Å². The molecule has 0 bridgehead atoms. The Morgan fingerprint density at radius 2 is 1.96 bits per heavy atom. The molecular formula is C21H23ClN2O2. The zero-order valence-electron chi connectivity index (χ0n) is 15.0.